The fraction of sp³-hybridized carbons (Fsp3) is 0.100. The highest BCUT2D eigenvalue weighted by Crippen LogP contribution is 2.19. The Hall–Kier alpha value is -4.12. The van der Waals surface area contributed by atoms with Crippen LogP contribution in [-0.4, -0.2) is 33.6 Å². The molecule has 3 rings (SSSR count). The van der Waals surface area contributed by atoms with Gasteiger partial charge in [-0.25, -0.2) is 9.78 Å². The third kappa shape index (κ3) is 4.16. The van der Waals surface area contributed by atoms with Gasteiger partial charge in [0.05, 0.1) is 16.6 Å². The number of fused-ring (bicyclic) bond motifs is 1. The van der Waals surface area contributed by atoms with E-state index in [2.05, 4.69) is 15.3 Å². The molecule has 0 radical (unpaired) electrons. The molecule has 28 heavy (non-hydrogen) atoms. The normalized spacial score (nSPS) is 11.4. The van der Waals surface area contributed by atoms with Gasteiger partial charge in [0, 0.05) is 12.6 Å². The molecule has 0 saturated carbocycles. The SMILES string of the molecule is CC(=O)Nc1cccc(C(=O)OC/C(O)=C(\C#N)c2nc3ccccc3[nH]2)c1. The minimum atomic E-state index is -0.708. The highest BCUT2D eigenvalue weighted by molar-refractivity contribution is 5.94. The summed E-state index contributed by atoms with van der Waals surface area (Å²) >= 11 is 0. The minimum absolute atomic E-state index is 0.115. The fourth-order valence-corrected chi connectivity index (χ4v) is 2.54. The Labute approximate surface area is 160 Å². The molecule has 8 heteroatoms. The van der Waals surface area contributed by atoms with Gasteiger partial charge in [-0.05, 0) is 30.3 Å². The molecule has 0 aliphatic carbocycles. The molecule has 0 bridgehead atoms. The summed E-state index contributed by atoms with van der Waals surface area (Å²) in [6, 6.07) is 15.2. The predicted octanol–water partition coefficient (Wildman–Crippen LogP) is 3.17. The van der Waals surface area contributed by atoms with Gasteiger partial charge in [0.2, 0.25) is 5.91 Å². The number of carbonyl (C=O) groups excluding carboxylic acids is 2. The molecule has 0 atom stereocenters. The van der Waals surface area contributed by atoms with E-state index in [1.807, 2.05) is 12.1 Å². The first-order valence-electron chi connectivity index (χ1n) is 8.30. The molecule has 0 saturated heterocycles. The Bertz CT molecular complexity index is 1090. The van der Waals surface area contributed by atoms with Crippen molar-refractivity contribution in [2.24, 2.45) is 0 Å². The number of amides is 1. The number of carbonyl (C=O) groups is 2. The summed E-state index contributed by atoms with van der Waals surface area (Å²) in [4.78, 5) is 30.5. The maximum atomic E-state index is 12.2. The zero-order valence-electron chi connectivity index (χ0n) is 14.9. The molecule has 0 fully saturated rings. The molecule has 1 heterocycles. The molecular formula is C20H16N4O4. The van der Waals surface area contributed by atoms with Gasteiger partial charge in [-0.15, -0.1) is 0 Å². The van der Waals surface area contributed by atoms with Crippen LogP contribution in [-0.2, 0) is 9.53 Å². The summed E-state index contributed by atoms with van der Waals surface area (Å²) in [5.74, 6) is -1.21. The van der Waals surface area contributed by atoms with E-state index in [1.165, 1.54) is 19.1 Å². The van der Waals surface area contributed by atoms with Crippen LogP contribution in [0.1, 0.15) is 23.1 Å². The smallest absolute Gasteiger partial charge is 0.338 e. The third-order valence-electron chi connectivity index (χ3n) is 3.79. The van der Waals surface area contributed by atoms with Gasteiger partial charge in [0.25, 0.3) is 0 Å². The number of allylic oxidation sites excluding steroid dienone is 1. The van der Waals surface area contributed by atoms with Gasteiger partial charge in [0.15, 0.2) is 11.6 Å². The highest BCUT2D eigenvalue weighted by Gasteiger charge is 2.16. The van der Waals surface area contributed by atoms with Crippen LogP contribution in [0.5, 0.6) is 0 Å². The molecule has 1 aromatic heterocycles. The molecule has 1 amide bonds. The Morgan fingerprint density at radius 1 is 1.25 bits per heavy atom. The molecule has 3 aromatic rings. The molecular weight excluding hydrogens is 360 g/mol. The van der Waals surface area contributed by atoms with Crippen molar-refractivity contribution in [1.82, 2.24) is 9.97 Å². The maximum absolute atomic E-state index is 12.2. The van der Waals surface area contributed by atoms with Gasteiger partial charge in [-0.1, -0.05) is 18.2 Å². The Kier molecular flexibility index (Phi) is 5.37. The number of ether oxygens (including phenoxy) is 1. The van der Waals surface area contributed by atoms with Crippen molar-refractivity contribution < 1.29 is 19.4 Å². The number of rotatable bonds is 5. The Balaban J connectivity index is 1.75. The number of nitrogens with one attached hydrogen (secondary N) is 2. The van der Waals surface area contributed by atoms with Gasteiger partial charge in [0.1, 0.15) is 18.2 Å². The van der Waals surface area contributed by atoms with Crippen molar-refractivity contribution in [2.45, 2.75) is 6.92 Å². The predicted molar refractivity (Wildman–Crippen MR) is 102 cm³/mol. The van der Waals surface area contributed by atoms with Crippen LogP contribution in [0.25, 0.3) is 16.6 Å². The number of aromatic nitrogens is 2. The lowest BCUT2D eigenvalue weighted by atomic mass is 10.2. The second kappa shape index (κ2) is 8.05. The van der Waals surface area contributed by atoms with Crippen molar-refractivity contribution in [1.29, 1.82) is 5.26 Å². The summed E-state index contributed by atoms with van der Waals surface area (Å²) < 4.78 is 5.08. The fourth-order valence-electron chi connectivity index (χ4n) is 2.54. The number of aliphatic hydroxyl groups is 1. The average molecular weight is 376 g/mol. The molecule has 140 valence electrons. The van der Waals surface area contributed by atoms with E-state index in [9.17, 15) is 20.0 Å². The van der Waals surface area contributed by atoms with Crippen LogP contribution in [0.2, 0.25) is 0 Å². The van der Waals surface area contributed by atoms with Gasteiger partial charge < -0.3 is 20.1 Å². The number of hydrogen-bond donors (Lipinski definition) is 3. The van der Waals surface area contributed by atoms with Crippen molar-refractivity contribution >= 4 is 34.2 Å². The first kappa shape index (κ1) is 18.7. The molecule has 2 aromatic carbocycles. The van der Waals surface area contributed by atoms with E-state index < -0.39 is 18.3 Å². The maximum Gasteiger partial charge on any atom is 0.338 e. The number of para-hydroxylation sites is 2. The van der Waals surface area contributed by atoms with Crippen molar-refractivity contribution in [2.75, 3.05) is 11.9 Å². The van der Waals surface area contributed by atoms with E-state index in [0.29, 0.717) is 16.7 Å². The van der Waals surface area contributed by atoms with E-state index >= 15 is 0 Å². The number of aromatic amines is 1. The molecule has 0 spiro atoms. The van der Waals surface area contributed by atoms with Crippen LogP contribution in [0.3, 0.4) is 0 Å². The second-order valence-electron chi connectivity index (χ2n) is 5.87. The zero-order valence-corrected chi connectivity index (χ0v) is 14.9. The number of anilines is 1. The Morgan fingerprint density at radius 3 is 2.75 bits per heavy atom. The Morgan fingerprint density at radius 2 is 2.04 bits per heavy atom. The van der Waals surface area contributed by atoms with Gasteiger partial charge in [-0.2, -0.15) is 5.26 Å². The van der Waals surface area contributed by atoms with Crippen LogP contribution in [0.15, 0.2) is 54.3 Å². The van der Waals surface area contributed by atoms with Gasteiger partial charge in [-0.3, -0.25) is 4.79 Å². The number of benzene rings is 2. The standard InChI is InChI=1S/C20H16N4O4/c1-12(25)22-14-6-4-5-13(9-14)20(27)28-11-18(26)15(10-21)19-23-16-7-2-3-8-17(16)24-19/h2-9,26H,11H2,1H3,(H,22,25)(H,23,24)/b18-15-. The van der Waals surface area contributed by atoms with Crippen LogP contribution in [0.4, 0.5) is 5.69 Å². The molecule has 3 N–H and O–H groups in total. The van der Waals surface area contributed by atoms with Crippen molar-refractivity contribution in [3.05, 3.63) is 65.7 Å². The van der Waals surface area contributed by atoms with Crippen molar-refractivity contribution in [3.63, 3.8) is 0 Å². The molecule has 0 unspecified atom stereocenters. The van der Waals surface area contributed by atoms with Crippen molar-refractivity contribution in [3.8, 4) is 6.07 Å². The summed E-state index contributed by atoms with van der Waals surface area (Å²) in [7, 11) is 0. The lowest BCUT2D eigenvalue weighted by molar-refractivity contribution is -0.114. The quantitative estimate of drug-likeness (QED) is 0.356. The number of nitrogens with zero attached hydrogens (tertiary/aromatic N) is 2. The number of nitriles is 1. The van der Waals surface area contributed by atoms with Crippen LogP contribution in [0, 0.1) is 11.3 Å². The van der Waals surface area contributed by atoms with Crippen LogP contribution >= 0.6 is 0 Å². The summed E-state index contributed by atoms with van der Waals surface area (Å²) in [5, 5.41) is 22.2. The molecule has 0 aliphatic rings. The molecule has 8 nitrogen and oxygen atoms in total. The number of imidazole rings is 1. The summed E-state index contributed by atoms with van der Waals surface area (Å²) in [6.07, 6.45) is 0. The molecule has 0 aliphatic heterocycles. The number of esters is 1. The van der Waals surface area contributed by atoms with E-state index in [0.717, 1.165) is 0 Å². The second-order valence-corrected chi connectivity index (χ2v) is 5.87. The van der Waals surface area contributed by atoms with E-state index in [-0.39, 0.29) is 22.9 Å². The first-order valence-corrected chi connectivity index (χ1v) is 8.30. The first-order chi connectivity index (χ1) is 13.5. The van der Waals surface area contributed by atoms with Gasteiger partial charge >= 0.3 is 5.97 Å². The zero-order chi connectivity index (χ0) is 20.1. The largest absolute Gasteiger partial charge is 0.507 e. The van der Waals surface area contributed by atoms with Crippen LogP contribution < -0.4 is 5.32 Å². The van der Waals surface area contributed by atoms with E-state index in [1.54, 1.807) is 30.3 Å². The third-order valence-corrected chi connectivity index (χ3v) is 3.79. The van der Waals surface area contributed by atoms with E-state index in [4.69, 9.17) is 4.74 Å². The number of hydrogen-bond acceptors (Lipinski definition) is 6. The number of aliphatic hydroxyl groups excluding tert-OH is 1. The highest BCUT2D eigenvalue weighted by atomic mass is 16.5. The summed E-state index contributed by atoms with van der Waals surface area (Å²) in [6.45, 7) is 0.860. The monoisotopic (exact) mass is 376 g/mol. The lowest BCUT2D eigenvalue weighted by Crippen LogP contribution is -2.11. The lowest BCUT2D eigenvalue weighted by Gasteiger charge is -2.07. The number of H-pyrrole nitrogens is 1. The topological polar surface area (TPSA) is 128 Å². The summed E-state index contributed by atoms with van der Waals surface area (Å²) in [5.41, 5.74) is 1.88. The average Bonchev–Trinajstić information content (AvgIpc) is 3.10. The minimum Gasteiger partial charge on any atom is -0.507 e.